The first kappa shape index (κ1) is 14.8. The van der Waals surface area contributed by atoms with E-state index in [0.29, 0.717) is 6.07 Å². The summed E-state index contributed by atoms with van der Waals surface area (Å²) in [6, 6.07) is -0.299. The van der Waals surface area contributed by atoms with Crippen molar-refractivity contribution < 1.29 is 19.2 Å². The molecule has 7 nitrogen and oxygen atoms in total. The Kier molecular flexibility index (Phi) is 4.74. The topological polar surface area (TPSA) is 105 Å². The lowest BCUT2D eigenvalue weighted by molar-refractivity contribution is -0.385. The van der Waals surface area contributed by atoms with Gasteiger partial charge in [0.25, 0.3) is 5.69 Å². The fourth-order valence-corrected chi connectivity index (χ4v) is 1.49. The SMILES string of the molecule is CC(C)CC(Nc1ncc([N+](=O)[O-])cc1F)C(=O)O. The van der Waals surface area contributed by atoms with Crippen LogP contribution in [0.5, 0.6) is 0 Å². The molecule has 0 saturated heterocycles. The molecular formula is C11H14FN3O4. The van der Waals surface area contributed by atoms with E-state index in [4.69, 9.17) is 5.11 Å². The molecule has 1 aromatic heterocycles. The van der Waals surface area contributed by atoms with E-state index >= 15 is 0 Å². The highest BCUT2D eigenvalue weighted by Gasteiger charge is 2.21. The third-order valence-corrected chi connectivity index (χ3v) is 2.35. The smallest absolute Gasteiger partial charge is 0.326 e. The summed E-state index contributed by atoms with van der Waals surface area (Å²) in [5.41, 5.74) is -0.487. The van der Waals surface area contributed by atoms with Crippen molar-refractivity contribution >= 4 is 17.5 Å². The monoisotopic (exact) mass is 271 g/mol. The van der Waals surface area contributed by atoms with Gasteiger partial charge in [-0.3, -0.25) is 10.1 Å². The molecule has 0 aromatic carbocycles. The number of nitrogens with one attached hydrogen (secondary N) is 1. The average molecular weight is 271 g/mol. The highest BCUT2D eigenvalue weighted by atomic mass is 19.1. The Morgan fingerprint density at radius 2 is 2.26 bits per heavy atom. The minimum absolute atomic E-state index is 0.0923. The quantitative estimate of drug-likeness (QED) is 0.605. The fourth-order valence-electron chi connectivity index (χ4n) is 1.49. The molecule has 8 heteroatoms. The zero-order valence-electron chi connectivity index (χ0n) is 10.5. The Morgan fingerprint density at radius 1 is 1.63 bits per heavy atom. The Labute approximate surface area is 108 Å². The number of pyridine rings is 1. The van der Waals surface area contributed by atoms with E-state index in [2.05, 4.69) is 10.3 Å². The highest BCUT2D eigenvalue weighted by Crippen LogP contribution is 2.19. The molecule has 0 saturated carbocycles. The zero-order valence-corrected chi connectivity index (χ0v) is 10.5. The maximum absolute atomic E-state index is 13.5. The average Bonchev–Trinajstić information content (AvgIpc) is 2.29. The number of aliphatic carboxylic acids is 1. The molecule has 0 amide bonds. The Bertz CT molecular complexity index is 493. The molecule has 19 heavy (non-hydrogen) atoms. The standard InChI is InChI=1S/C11H14FN3O4/c1-6(2)3-9(11(16)17)14-10-8(12)4-7(5-13-10)15(18)19/h4-6,9H,3H2,1-2H3,(H,13,14)(H,16,17). The van der Waals surface area contributed by atoms with Gasteiger partial charge in [0.15, 0.2) is 11.6 Å². The summed E-state index contributed by atoms with van der Waals surface area (Å²) >= 11 is 0. The highest BCUT2D eigenvalue weighted by molar-refractivity contribution is 5.76. The predicted molar refractivity (Wildman–Crippen MR) is 65.4 cm³/mol. The van der Waals surface area contributed by atoms with E-state index in [1.54, 1.807) is 0 Å². The van der Waals surface area contributed by atoms with E-state index in [1.165, 1.54) is 0 Å². The van der Waals surface area contributed by atoms with Gasteiger partial charge in [-0.15, -0.1) is 0 Å². The molecule has 0 spiro atoms. The van der Waals surface area contributed by atoms with Crippen LogP contribution in [0.25, 0.3) is 0 Å². The van der Waals surface area contributed by atoms with Crippen LogP contribution in [0.15, 0.2) is 12.3 Å². The number of anilines is 1. The van der Waals surface area contributed by atoms with Gasteiger partial charge in [0, 0.05) is 0 Å². The summed E-state index contributed by atoms with van der Waals surface area (Å²) in [5, 5.41) is 21.9. The lowest BCUT2D eigenvalue weighted by Crippen LogP contribution is -2.31. The fraction of sp³-hybridized carbons (Fsp3) is 0.455. The van der Waals surface area contributed by atoms with Gasteiger partial charge in [-0.2, -0.15) is 0 Å². The van der Waals surface area contributed by atoms with Gasteiger partial charge in [0.2, 0.25) is 0 Å². The van der Waals surface area contributed by atoms with Crippen LogP contribution in [0.4, 0.5) is 15.9 Å². The van der Waals surface area contributed by atoms with Crippen molar-refractivity contribution in [1.29, 1.82) is 0 Å². The normalized spacial score (nSPS) is 12.2. The van der Waals surface area contributed by atoms with Gasteiger partial charge < -0.3 is 10.4 Å². The number of hydrogen-bond donors (Lipinski definition) is 2. The lowest BCUT2D eigenvalue weighted by Gasteiger charge is -2.17. The minimum Gasteiger partial charge on any atom is -0.480 e. The van der Waals surface area contributed by atoms with Gasteiger partial charge in [0.1, 0.15) is 12.2 Å². The van der Waals surface area contributed by atoms with Crippen LogP contribution in [-0.4, -0.2) is 27.0 Å². The summed E-state index contributed by atoms with van der Waals surface area (Å²) in [7, 11) is 0. The van der Waals surface area contributed by atoms with Crippen molar-refractivity contribution in [2.24, 2.45) is 5.92 Å². The summed E-state index contributed by atoms with van der Waals surface area (Å²) in [6.45, 7) is 3.66. The molecule has 0 fully saturated rings. The maximum Gasteiger partial charge on any atom is 0.326 e. The first-order valence-electron chi connectivity index (χ1n) is 5.60. The minimum atomic E-state index is -1.13. The summed E-state index contributed by atoms with van der Waals surface area (Å²) in [6.07, 6.45) is 1.16. The van der Waals surface area contributed by atoms with Gasteiger partial charge in [-0.05, 0) is 12.3 Å². The van der Waals surface area contributed by atoms with Crippen LogP contribution in [0.2, 0.25) is 0 Å². The van der Waals surface area contributed by atoms with E-state index < -0.39 is 28.4 Å². The number of aromatic nitrogens is 1. The van der Waals surface area contributed by atoms with Crippen molar-refractivity contribution in [2.45, 2.75) is 26.3 Å². The zero-order chi connectivity index (χ0) is 14.6. The van der Waals surface area contributed by atoms with Crippen LogP contribution < -0.4 is 5.32 Å². The van der Waals surface area contributed by atoms with Gasteiger partial charge in [-0.1, -0.05) is 13.8 Å². The molecule has 1 aromatic rings. The molecule has 0 aliphatic carbocycles. The lowest BCUT2D eigenvalue weighted by atomic mass is 10.0. The molecular weight excluding hydrogens is 257 g/mol. The number of carboxylic acid groups (broad SMARTS) is 1. The van der Waals surface area contributed by atoms with Gasteiger partial charge in [0.05, 0.1) is 11.0 Å². The number of carboxylic acids is 1. The second kappa shape index (κ2) is 6.07. The molecule has 104 valence electrons. The van der Waals surface area contributed by atoms with Crippen LogP contribution >= 0.6 is 0 Å². The van der Waals surface area contributed by atoms with E-state index in [-0.39, 0.29) is 18.2 Å². The molecule has 0 bridgehead atoms. The molecule has 0 radical (unpaired) electrons. The molecule has 2 N–H and O–H groups in total. The number of carbonyl (C=O) groups is 1. The van der Waals surface area contributed by atoms with Crippen molar-refractivity contribution in [3.63, 3.8) is 0 Å². The first-order valence-corrected chi connectivity index (χ1v) is 5.60. The van der Waals surface area contributed by atoms with Crippen LogP contribution in [0.3, 0.4) is 0 Å². The second-order valence-corrected chi connectivity index (χ2v) is 4.45. The molecule has 0 aliphatic heterocycles. The van der Waals surface area contributed by atoms with Crippen molar-refractivity contribution in [1.82, 2.24) is 4.98 Å². The van der Waals surface area contributed by atoms with Crippen LogP contribution in [0, 0.1) is 21.8 Å². The van der Waals surface area contributed by atoms with Crippen molar-refractivity contribution in [3.8, 4) is 0 Å². The number of rotatable bonds is 6. The number of nitrogens with zero attached hydrogens (tertiary/aromatic N) is 2. The van der Waals surface area contributed by atoms with Gasteiger partial charge in [-0.25, -0.2) is 14.2 Å². The molecule has 0 aliphatic rings. The predicted octanol–water partition coefficient (Wildman–Crippen LogP) is 2.04. The maximum atomic E-state index is 13.5. The third kappa shape index (κ3) is 4.16. The summed E-state index contributed by atoms with van der Waals surface area (Å²) < 4.78 is 13.5. The molecule has 1 unspecified atom stereocenters. The molecule has 1 heterocycles. The Balaban J connectivity index is 2.91. The Morgan fingerprint density at radius 3 is 2.68 bits per heavy atom. The summed E-state index contributed by atoms with van der Waals surface area (Å²) in [5.74, 6) is -2.30. The third-order valence-electron chi connectivity index (χ3n) is 2.35. The first-order chi connectivity index (χ1) is 8.81. The summed E-state index contributed by atoms with van der Waals surface area (Å²) in [4.78, 5) is 24.2. The number of nitro groups is 1. The largest absolute Gasteiger partial charge is 0.480 e. The van der Waals surface area contributed by atoms with E-state index in [1.807, 2.05) is 13.8 Å². The van der Waals surface area contributed by atoms with Crippen LogP contribution in [-0.2, 0) is 4.79 Å². The number of halogens is 1. The molecule has 1 rings (SSSR count). The van der Waals surface area contributed by atoms with Crippen molar-refractivity contribution in [3.05, 3.63) is 28.2 Å². The van der Waals surface area contributed by atoms with Gasteiger partial charge >= 0.3 is 5.97 Å². The van der Waals surface area contributed by atoms with Crippen LogP contribution in [0.1, 0.15) is 20.3 Å². The van der Waals surface area contributed by atoms with E-state index in [9.17, 15) is 19.3 Å². The number of hydrogen-bond acceptors (Lipinski definition) is 5. The molecule has 1 atom stereocenters. The Hall–Kier alpha value is -2.25. The van der Waals surface area contributed by atoms with Crippen molar-refractivity contribution in [2.75, 3.05) is 5.32 Å². The van der Waals surface area contributed by atoms with E-state index in [0.717, 1.165) is 6.20 Å². The second-order valence-electron chi connectivity index (χ2n) is 4.45.